The molecular formula is C12H20Br2Si2. The van der Waals surface area contributed by atoms with E-state index in [1.165, 1.54) is 19.3 Å². The van der Waals surface area contributed by atoms with Gasteiger partial charge in [-0.15, -0.1) is 0 Å². The molecule has 1 rings (SSSR count). The van der Waals surface area contributed by atoms with Crippen LogP contribution in [0, 0.1) is 0 Å². The Morgan fingerprint density at radius 2 is 0.938 bits per heavy atom. The summed E-state index contributed by atoms with van der Waals surface area (Å²) in [7, 11) is -2.51. The Bertz CT molecular complexity index is 362. The van der Waals surface area contributed by atoms with Crippen molar-refractivity contribution in [3.05, 3.63) is 21.1 Å². The first-order valence-electron chi connectivity index (χ1n) is 5.54. The van der Waals surface area contributed by atoms with Crippen molar-refractivity contribution in [3.8, 4) is 0 Å². The first-order valence-corrected chi connectivity index (χ1v) is 14.1. The number of rotatable bonds is 2. The van der Waals surface area contributed by atoms with Gasteiger partial charge in [0, 0.05) is 8.95 Å². The van der Waals surface area contributed by atoms with Crippen LogP contribution in [0.1, 0.15) is 0 Å². The second-order valence-electron chi connectivity index (χ2n) is 6.29. The molecule has 0 fully saturated rings. The smallest absolute Gasteiger partial charge is 0.0656 e. The molecule has 0 nitrogen and oxygen atoms in total. The summed E-state index contributed by atoms with van der Waals surface area (Å²) in [5.41, 5.74) is 0. The Hall–Kier alpha value is 0.614. The van der Waals surface area contributed by atoms with Crippen molar-refractivity contribution in [2.24, 2.45) is 0 Å². The molecule has 90 valence electrons. The van der Waals surface area contributed by atoms with Crippen LogP contribution in [0.15, 0.2) is 21.1 Å². The van der Waals surface area contributed by atoms with E-state index in [2.05, 4.69) is 83.3 Å². The monoisotopic (exact) mass is 378 g/mol. The van der Waals surface area contributed by atoms with Gasteiger partial charge in [-0.3, -0.25) is 0 Å². The van der Waals surface area contributed by atoms with E-state index in [9.17, 15) is 0 Å². The summed E-state index contributed by atoms with van der Waals surface area (Å²) in [6.45, 7) is 14.3. The fraction of sp³-hybridized carbons (Fsp3) is 0.500. The molecule has 0 bridgehead atoms. The van der Waals surface area contributed by atoms with E-state index >= 15 is 0 Å². The molecular weight excluding hydrogens is 360 g/mol. The molecule has 0 aromatic heterocycles. The third-order valence-electron chi connectivity index (χ3n) is 2.70. The standard InChI is InChI=1S/C12H20Br2Si2/c1-15(2,3)9-7-8-10(16(4,5)6)12(14)11(9)13/h7-8H,1-6H3. The highest BCUT2D eigenvalue weighted by atomic mass is 79.9. The molecule has 1 aromatic rings. The van der Waals surface area contributed by atoms with Crippen LogP contribution in [0.3, 0.4) is 0 Å². The van der Waals surface area contributed by atoms with Gasteiger partial charge in [0.15, 0.2) is 0 Å². The maximum atomic E-state index is 3.77. The molecule has 16 heavy (non-hydrogen) atoms. The Morgan fingerprint density at radius 3 is 1.12 bits per heavy atom. The minimum absolute atomic E-state index is 1.25. The summed E-state index contributed by atoms with van der Waals surface area (Å²) in [5.74, 6) is 0. The second-order valence-corrected chi connectivity index (χ2v) is 18.0. The van der Waals surface area contributed by atoms with Gasteiger partial charge in [-0.25, -0.2) is 0 Å². The van der Waals surface area contributed by atoms with Crippen LogP contribution in [-0.4, -0.2) is 16.1 Å². The van der Waals surface area contributed by atoms with Gasteiger partial charge in [-0.2, -0.15) is 0 Å². The average molecular weight is 380 g/mol. The molecule has 0 heterocycles. The highest BCUT2D eigenvalue weighted by molar-refractivity contribution is 9.13. The molecule has 0 saturated heterocycles. The Balaban J connectivity index is 3.41. The van der Waals surface area contributed by atoms with Gasteiger partial charge >= 0.3 is 0 Å². The van der Waals surface area contributed by atoms with E-state index < -0.39 is 16.1 Å². The zero-order valence-corrected chi connectivity index (χ0v) is 16.1. The Kier molecular flexibility index (Phi) is 4.32. The van der Waals surface area contributed by atoms with E-state index in [0.29, 0.717) is 0 Å². The third-order valence-corrected chi connectivity index (χ3v) is 9.68. The van der Waals surface area contributed by atoms with Crippen molar-refractivity contribution < 1.29 is 0 Å². The molecule has 4 heteroatoms. The van der Waals surface area contributed by atoms with Crippen LogP contribution in [0.25, 0.3) is 0 Å². The van der Waals surface area contributed by atoms with Gasteiger partial charge in [0.1, 0.15) is 0 Å². The normalized spacial score (nSPS) is 13.0. The SMILES string of the molecule is C[Si](C)(C)c1ccc([Si](C)(C)C)c(Br)c1Br. The van der Waals surface area contributed by atoms with Gasteiger partial charge in [0.05, 0.1) is 16.1 Å². The van der Waals surface area contributed by atoms with E-state index in [1.54, 1.807) is 0 Å². The second kappa shape index (κ2) is 4.71. The lowest BCUT2D eigenvalue weighted by atomic mass is 10.4. The molecule has 0 radical (unpaired) electrons. The van der Waals surface area contributed by atoms with Crippen LogP contribution in [-0.2, 0) is 0 Å². The molecule has 0 N–H and O–H groups in total. The molecule has 0 saturated carbocycles. The fourth-order valence-electron chi connectivity index (χ4n) is 1.71. The summed E-state index contributed by atoms with van der Waals surface area (Å²) in [5, 5.41) is 3.00. The minimum atomic E-state index is -1.25. The van der Waals surface area contributed by atoms with Crippen molar-refractivity contribution in [2.45, 2.75) is 39.3 Å². The highest BCUT2D eigenvalue weighted by Gasteiger charge is 2.26. The fourth-order valence-corrected chi connectivity index (χ4v) is 9.07. The van der Waals surface area contributed by atoms with Crippen LogP contribution in [0.2, 0.25) is 39.3 Å². The molecule has 0 atom stereocenters. The molecule has 0 unspecified atom stereocenters. The van der Waals surface area contributed by atoms with E-state index in [0.717, 1.165) is 0 Å². The maximum Gasteiger partial charge on any atom is 0.0791 e. The van der Waals surface area contributed by atoms with Crippen molar-refractivity contribution in [1.82, 2.24) is 0 Å². The van der Waals surface area contributed by atoms with Crippen LogP contribution in [0.5, 0.6) is 0 Å². The number of hydrogen-bond acceptors (Lipinski definition) is 0. The maximum absolute atomic E-state index is 3.77. The summed E-state index contributed by atoms with van der Waals surface area (Å²) in [4.78, 5) is 0. The summed E-state index contributed by atoms with van der Waals surface area (Å²) >= 11 is 7.54. The van der Waals surface area contributed by atoms with Crippen LogP contribution < -0.4 is 10.4 Å². The molecule has 0 amide bonds. The topological polar surface area (TPSA) is 0 Å². The minimum Gasteiger partial charge on any atom is -0.0656 e. The van der Waals surface area contributed by atoms with Gasteiger partial charge < -0.3 is 0 Å². The van der Waals surface area contributed by atoms with Crippen LogP contribution >= 0.6 is 31.9 Å². The van der Waals surface area contributed by atoms with E-state index in [4.69, 9.17) is 0 Å². The van der Waals surface area contributed by atoms with Gasteiger partial charge in [0.2, 0.25) is 0 Å². The molecule has 0 aliphatic heterocycles. The lowest BCUT2D eigenvalue weighted by molar-refractivity contribution is 1.59. The largest absolute Gasteiger partial charge is 0.0791 e. The third kappa shape index (κ3) is 3.09. The van der Waals surface area contributed by atoms with Gasteiger partial charge in [0.25, 0.3) is 0 Å². The van der Waals surface area contributed by atoms with Gasteiger partial charge in [-0.1, -0.05) is 51.4 Å². The van der Waals surface area contributed by atoms with Gasteiger partial charge in [-0.05, 0) is 42.2 Å². The summed E-state index contributed by atoms with van der Waals surface area (Å²) < 4.78 is 2.57. The van der Waals surface area contributed by atoms with Crippen LogP contribution in [0.4, 0.5) is 0 Å². The number of benzene rings is 1. The van der Waals surface area contributed by atoms with Crippen molar-refractivity contribution in [2.75, 3.05) is 0 Å². The zero-order valence-electron chi connectivity index (χ0n) is 10.9. The summed E-state index contributed by atoms with van der Waals surface area (Å²) in [6.07, 6.45) is 0. The Labute approximate surface area is 118 Å². The molecule has 0 spiro atoms. The lowest BCUT2D eigenvalue weighted by Gasteiger charge is -2.25. The van der Waals surface area contributed by atoms with Crippen molar-refractivity contribution in [3.63, 3.8) is 0 Å². The zero-order chi connectivity index (χ0) is 12.7. The highest BCUT2D eigenvalue weighted by Crippen LogP contribution is 2.24. The summed E-state index contributed by atoms with van der Waals surface area (Å²) in [6, 6.07) is 4.66. The first kappa shape index (κ1) is 14.7. The van der Waals surface area contributed by atoms with Crippen molar-refractivity contribution >= 4 is 58.4 Å². The first-order chi connectivity index (χ1) is 7.05. The predicted molar refractivity (Wildman–Crippen MR) is 87.8 cm³/mol. The molecule has 0 aliphatic carbocycles. The quantitative estimate of drug-likeness (QED) is 0.671. The predicted octanol–water partition coefficient (Wildman–Crippen LogP) is 4.30. The number of hydrogen-bond donors (Lipinski definition) is 0. The average Bonchev–Trinajstić information content (AvgIpc) is 2.05. The van der Waals surface area contributed by atoms with E-state index in [1.807, 2.05) is 0 Å². The number of halogens is 2. The van der Waals surface area contributed by atoms with Crippen molar-refractivity contribution in [1.29, 1.82) is 0 Å². The Morgan fingerprint density at radius 1 is 0.688 bits per heavy atom. The molecule has 1 aromatic carbocycles. The lowest BCUT2D eigenvalue weighted by Crippen LogP contribution is -2.44. The molecule has 0 aliphatic rings. The van der Waals surface area contributed by atoms with E-state index in [-0.39, 0.29) is 0 Å².